The molecule has 0 N–H and O–H groups in total. The van der Waals surface area contributed by atoms with Crippen LogP contribution >= 0.6 is 0 Å². The van der Waals surface area contributed by atoms with Gasteiger partial charge in [-0.3, -0.25) is 4.79 Å². The lowest BCUT2D eigenvalue weighted by Crippen LogP contribution is -2.21. The molecule has 0 saturated heterocycles. The summed E-state index contributed by atoms with van der Waals surface area (Å²) in [7, 11) is 0. The lowest BCUT2D eigenvalue weighted by Gasteiger charge is -2.18. The maximum Gasteiger partial charge on any atom is 0.416 e. The summed E-state index contributed by atoms with van der Waals surface area (Å²) < 4.78 is 90.6. The largest absolute Gasteiger partial charge is 0.462 e. The molecule has 0 aliphatic carbocycles. The molecule has 182 valence electrons. The molecule has 0 bridgehead atoms. The van der Waals surface area contributed by atoms with Crippen molar-refractivity contribution in [3.8, 4) is 11.5 Å². The van der Waals surface area contributed by atoms with Gasteiger partial charge in [0, 0.05) is 12.2 Å². The van der Waals surface area contributed by atoms with Gasteiger partial charge in [-0.15, -0.1) is 0 Å². The van der Waals surface area contributed by atoms with Gasteiger partial charge in [0.2, 0.25) is 5.43 Å². The molecular weight excluding hydrogens is 468 g/mol. The van der Waals surface area contributed by atoms with Crippen molar-refractivity contribution < 1.29 is 40.6 Å². The standard InChI is InChI=1S/C23H19F6NO4/c1-4-33-21(32)18-11-30(12(2)3)19-6-5-15(10-17(19)20(18)31)34-16-8-13(22(24,25)26)7-14(9-16)23(27,28)29/h5-12H,4H2,1-3H3. The minimum atomic E-state index is -5.04. The maximum absolute atomic E-state index is 13.1. The van der Waals surface area contributed by atoms with E-state index < -0.39 is 40.6 Å². The van der Waals surface area contributed by atoms with Gasteiger partial charge in [-0.05, 0) is 57.2 Å². The van der Waals surface area contributed by atoms with Crippen molar-refractivity contribution in [1.82, 2.24) is 4.57 Å². The first-order valence-electron chi connectivity index (χ1n) is 10.1. The smallest absolute Gasteiger partial charge is 0.416 e. The van der Waals surface area contributed by atoms with Crippen molar-refractivity contribution in [2.24, 2.45) is 0 Å². The third-order valence-electron chi connectivity index (χ3n) is 4.85. The molecule has 0 fully saturated rings. The maximum atomic E-state index is 13.1. The van der Waals surface area contributed by atoms with Gasteiger partial charge in [0.25, 0.3) is 0 Å². The molecule has 5 nitrogen and oxygen atoms in total. The van der Waals surface area contributed by atoms with E-state index in [9.17, 15) is 35.9 Å². The molecule has 0 aliphatic rings. The van der Waals surface area contributed by atoms with Gasteiger partial charge in [-0.1, -0.05) is 0 Å². The minimum absolute atomic E-state index is 0.0137. The Morgan fingerprint density at radius 2 is 1.53 bits per heavy atom. The number of hydrogen-bond acceptors (Lipinski definition) is 4. The Kier molecular flexibility index (Phi) is 6.68. The number of hydrogen-bond donors (Lipinski definition) is 0. The van der Waals surface area contributed by atoms with E-state index in [0.29, 0.717) is 17.6 Å². The van der Waals surface area contributed by atoms with E-state index in [1.807, 2.05) is 0 Å². The first-order chi connectivity index (χ1) is 15.7. The van der Waals surface area contributed by atoms with Gasteiger partial charge in [0.15, 0.2) is 0 Å². The number of fused-ring (bicyclic) bond motifs is 1. The predicted octanol–water partition coefficient (Wildman–Crippen LogP) is 6.59. The summed E-state index contributed by atoms with van der Waals surface area (Å²) in [5, 5.41) is -0.0141. The summed E-state index contributed by atoms with van der Waals surface area (Å²) in [6.45, 7) is 5.18. The van der Waals surface area contributed by atoms with Crippen LogP contribution in [0.2, 0.25) is 0 Å². The van der Waals surface area contributed by atoms with Crippen molar-refractivity contribution in [2.75, 3.05) is 6.61 Å². The fourth-order valence-corrected chi connectivity index (χ4v) is 3.30. The molecule has 34 heavy (non-hydrogen) atoms. The highest BCUT2D eigenvalue weighted by molar-refractivity contribution is 5.94. The van der Waals surface area contributed by atoms with Crippen molar-refractivity contribution >= 4 is 16.9 Å². The number of pyridine rings is 1. The normalized spacial score (nSPS) is 12.3. The SMILES string of the molecule is CCOC(=O)c1cn(C(C)C)c2ccc(Oc3cc(C(F)(F)F)cc(C(F)(F)F)c3)cc2c1=O. The third-order valence-corrected chi connectivity index (χ3v) is 4.85. The van der Waals surface area contributed by atoms with Crippen molar-refractivity contribution in [1.29, 1.82) is 0 Å². The summed E-state index contributed by atoms with van der Waals surface area (Å²) in [5.41, 5.74) is -3.66. The monoisotopic (exact) mass is 487 g/mol. The summed E-state index contributed by atoms with van der Waals surface area (Å²) in [6.07, 6.45) is -8.74. The lowest BCUT2D eigenvalue weighted by molar-refractivity contribution is -0.143. The van der Waals surface area contributed by atoms with E-state index in [4.69, 9.17) is 9.47 Å². The Hall–Kier alpha value is -3.50. The Bertz CT molecular complexity index is 1260. The molecule has 0 amide bonds. The number of nitrogens with zero attached hydrogens (tertiary/aromatic N) is 1. The van der Waals surface area contributed by atoms with E-state index in [1.54, 1.807) is 25.3 Å². The van der Waals surface area contributed by atoms with Gasteiger partial charge in [0.1, 0.15) is 17.1 Å². The molecule has 0 aliphatic heterocycles. The minimum Gasteiger partial charge on any atom is -0.462 e. The molecule has 0 spiro atoms. The van der Waals surface area contributed by atoms with Crippen molar-refractivity contribution in [2.45, 2.75) is 39.2 Å². The van der Waals surface area contributed by atoms with Crippen LogP contribution in [0.15, 0.2) is 47.4 Å². The number of carbonyl (C=O) groups is 1. The predicted molar refractivity (Wildman–Crippen MR) is 111 cm³/mol. The van der Waals surface area contributed by atoms with Gasteiger partial charge in [0.05, 0.1) is 28.6 Å². The average molecular weight is 487 g/mol. The Balaban J connectivity index is 2.16. The highest BCUT2D eigenvalue weighted by Gasteiger charge is 2.37. The van der Waals surface area contributed by atoms with Crippen molar-refractivity contribution in [3.05, 3.63) is 69.5 Å². The number of halogens is 6. The van der Waals surface area contributed by atoms with Crippen LogP contribution < -0.4 is 10.2 Å². The quantitative estimate of drug-likeness (QED) is 0.301. The second kappa shape index (κ2) is 9.03. The Morgan fingerprint density at radius 1 is 0.941 bits per heavy atom. The topological polar surface area (TPSA) is 57.5 Å². The molecule has 2 aromatic carbocycles. The molecule has 11 heteroatoms. The van der Waals surface area contributed by atoms with E-state index in [2.05, 4.69) is 0 Å². The van der Waals surface area contributed by atoms with Crippen LogP contribution in [0.4, 0.5) is 26.3 Å². The molecule has 0 saturated carbocycles. The molecule has 3 rings (SSSR count). The highest BCUT2D eigenvalue weighted by atomic mass is 19.4. The van der Waals surface area contributed by atoms with Crippen LogP contribution in [-0.2, 0) is 17.1 Å². The number of benzene rings is 2. The molecule has 0 atom stereocenters. The lowest BCUT2D eigenvalue weighted by atomic mass is 10.1. The number of aromatic nitrogens is 1. The molecule has 1 heterocycles. The summed E-state index contributed by atoms with van der Waals surface area (Å²) in [6, 6.07) is 4.55. The van der Waals surface area contributed by atoms with E-state index in [1.165, 1.54) is 18.3 Å². The van der Waals surface area contributed by atoms with Crippen LogP contribution in [-0.4, -0.2) is 17.1 Å². The van der Waals surface area contributed by atoms with Gasteiger partial charge in [-0.25, -0.2) is 4.79 Å². The molecular formula is C23H19F6NO4. The van der Waals surface area contributed by atoms with Gasteiger partial charge in [-0.2, -0.15) is 26.3 Å². The van der Waals surface area contributed by atoms with Crippen LogP contribution in [0.3, 0.4) is 0 Å². The van der Waals surface area contributed by atoms with Gasteiger partial charge >= 0.3 is 18.3 Å². The van der Waals surface area contributed by atoms with Crippen molar-refractivity contribution in [3.63, 3.8) is 0 Å². The van der Waals surface area contributed by atoms with Crippen LogP contribution in [0.1, 0.15) is 48.3 Å². The zero-order valence-corrected chi connectivity index (χ0v) is 18.2. The summed E-state index contributed by atoms with van der Waals surface area (Å²) in [5.74, 6) is -1.76. The first-order valence-corrected chi connectivity index (χ1v) is 10.1. The highest BCUT2D eigenvalue weighted by Crippen LogP contribution is 2.39. The molecule has 0 radical (unpaired) electrons. The molecule has 3 aromatic rings. The number of rotatable bonds is 5. The van der Waals surface area contributed by atoms with E-state index in [-0.39, 0.29) is 35.4 Å². The fraction of sp³-hybridized carbons (Fsp3) is 0.304. The zero-order chi connectivity index (χ0) is 25.4. The van der Waals surface area contributed by atoms with Crippen LogP contribution in [0, 0.1) is 0 Å². The molecule has 1 aromatic heterocycles. The Labute approximate surface area is 189 Å². The van der Waals surface area contributed by atoms with Gasteiger partial charge < -0.3 is 14.0 Å². The summed E-state index contributed by atoms with van der Waals surface area (Å²) in [4.78, 5) is 25.2. The van der Waals surface area contributed by atoms with E-state index in [0.717, 1.165) is 6.07 Å². The number of alkyl halides is 6. The summed E-state index contributed by atoms with van der Waals surface area (Å²) >= 11 is 0. The van der Waals surface area contributed by atoms with E-state index >= 15 is 0 Å². The second-order valence-electron chi connectivity index (χ2n) is 7.62. The molecule has 0 unspecified atom stereocenters. The number of ether oxygens (including phenoxy) is 2. The van der Waals surface area contributed by atoms with Crippen LogP contribution in [0.5, 0.6) is 11.5 Å². The second-order valence-corrected chi connectivity index (χ2v) is 7.62. The average Bonchev–Trinajstić information content (AvgIpc) is 2.72. The zero-order valence-electron chi connectivity index (χ0n) is 18.2. The fourth-order valence-electron chi connectivity index (χ4n) is 3.30. The number of esters is 1. The Morgan fingerprint density at radius 3 is 2.03 bits per heavy atom. The first kappa shape index (κ1) is 25.1. The third kappa shape index (κ3) is 5.18. The number of carbonyl (C=O) groups excluding carboxylic acids is 1. The van der Waals surface area contributed by atoms with Crippen LogP contribution in [0.25, 0.3) is 10.9 Å².